The van der Waals surface area contributed by atoms with Crippen molar-refractivity contribution in [2.75, 3.05) is 10.0 Å². The molecule has 1 amide bonds. The molecule has 38 heavy (non-hydrogen) atoms. The van der Waals surface area contributed by atoms with Crippen LogP contribution < -0.4 is 14.8 Å². The maximum absolute atomic E-state index is 13.4. The molecular weight excluding hydrogens is 500 g/mol. The van der Waals surface area contributed by atoms with Crippen LogP contribution in [0.3, 0.4) is 0 Å². The van der Waals surface area contributed by atoms with Crippen LogP contribution >= 0.6 is 0 Å². The lowest BCUT2D eigenvalue weighted by atomic mass is 9.93. The summed E-state index contributed by atoms with van der Waals surface area (Å²) in [4.78, 5) is 22.0. The molecule has 0 saturated heterocycles. The summed E-state index contributed by atoms with van der Waals surface area (Å²) in [5.74, 6) is 0.237. The van der Waals surface area contributed by atoms with Gasteiger partial charge in [0.25, 0.3) is 15.9 Å². The summed E-state index contributed by atoms with van der Waals surface area (Å²) in [6.45, 7) is 11.9. The van der Waals surface area contributed by atoms with Gasteiger partial charge in [-0.2, -0.15) is 4.98 Å². The van der Waals surface area contributed by atoms with E-state index >= 15 is 0 Å². The number of carbonyl (C=O) groups is 1. The molecule has 0 saturated carbocycles. The lowest BCUT2D eigenvalue weighted by molar-refractivity contribution is 0.102. The van der Waals surface area contributed by atoms with Gasteiger partial charge >= 0.3 is 0 Å². The fraction of sp³-hybridized carbons (Fsp3) is 0.207. The molecule has 1 aromatic heterocycles. The standard InChI is InChI=1S/C29H30N4O4S/c1-6-8-15-25(19(5)18(3)4)26-24(7-2)28-32-29(31-26)33-38(35,36)23-14-10-12-21(17-23)30-27(34)20-11-9-13-22(16-20)37-28/h6,8-18H,1,7H2,2-5H3,(H,30,34)(H,31,32,33)/b15-8-,25-19-. The number of sulfonamides is 1. The summed E-state index contributed by atoms with van der Waals surface area (Å²) in [7, 11) is -4.09. The van der Waals surface area contributed by atoms with Crippen LogP contribution in [0, 0.1) is 5.92 Å². The normalized spacial score (nSPS) is 15.1. The molecule has 196 valence electrons. The minimum absolute atomic E-state index is 0.0472. The molecule has 3 aromatic rings. The molecule has 1 aliphatic heterocycles. The van der Waals surface area contributed by atoms with Crippen molar-refractivity contribution in [1.29, 1.82) is 0 Å². The molecule has 1 aliphatic rings. The van der Waals surface area contributed by atoms with Crippen LogP contribution in [0.4, 0.5) is 11.6 Å². The number of amides is 1. The number of anilines is 2. The Labute approximate surface area is 223 Å². The molecule has 0 unspecified atom stereocenters. The third kappa shape index (κ3) is 5.68. The van der Waals surface area contributed by atoms with Crippen LogP contribution in [0.1, 0.15) is 49.3 Å². The number of nitrogens with one attached hydrogen (secondary N) is 2. The number of nitrogens with zero attached hydrogens (tertiary/aromatic N) is 2. The lowest BCUT2D eigenvalue weighted by Gasteiger charge is -2.19. The summed E-state index contributed by atoms with van der Waals surface area (Å²) < 4.78 is 35.4. The van der Waals surface area contributed by atoms with E-state index in [2.05, 4.69) is 40.4 Å². The first kappa shape index (κ1) is 26.8. The Bertz CT molecular complexity index is 1570. The molecule has 0 radical (unpaired) electrons. The number of aromatic nitrogens is 2. The number of ether oxygens (including phenoxy) is 1. The lowest BCUT2D eigenvalue weighted by Crippen LogP contribution is -2.18. The van der Waals surface area contributed by atoms with E-state index in [1.54, 1.807) is 42.5 Å². The first-order valence-corrected chi connectivity index (χ1v) is 13.7. The van der Waals surface area contributed by atoms with Crippen LogP contribution in [0.5, 0.6) is 11.6 Å². The molecule has 0 aliphatic carbocycles. The first-order chi connectivity index (χ1) is 18.1. The van der Waals surface area contributed by atoms with E-state index in [0.29, 0.717) is 34.7 Å². The number of benzene rings is 2. The minimum Gasteiger partial charge on any atom is -0.439 e. The topological polar surface area (TPSA) is 110 Å². The predicted octanol–water partition coefficient (Wildman–Crippen LogP) is 6.37. The van der Waals surface area contributed by atoms with Gasteiger partial charge in [-0.15, -0.1) is 0 Å². The molecule has 6 bridgehead atoms. The van der Waals surface area contributed by atoms with Crippen molar-refractivity contribution in [1.82, 2.24) is 9.97 Å². The molecule has 0 fully saturated rings. The van der Waals surface area contributed by atoms with E-state index in [1.807, 2.05) is 26.0 Å². The quantitative estimate of drug-likeness (QED) is 0.371. The van der Waals surface area contributed by atoms with Crippen LogP contribution in [0.15, 0.2) is 83.8 Å². The summed E-state index contributed by atoms with van der Waals surface area (Å²) >= 11 is 0. The van der Waals surface area contributed by atoms with Crippen molar-refractivity contribution < 1.29 is 17.9 Å². The molecule has 2 aromatic carbocycles. The monoisotopic (exact) mass is 530 g/mol. The van der Waals surface area contributed by atoms with Gasteiger partial charge in [-0.3, -0.25) is 4.79 Å². The summed E-state index contributed by atoms with van der Waals surface area (Å²) in [6.07, 6.45) is 5.89. The molecule has 4 rings (SSSR count). The van der Waals surface area contributed by atoms with Crippen LogP contribution in [-0.2, 0) is 16.4 Å². The second-order valence-corrected chi connectivity index (χ2v) is 10.8. The van der Waals surface area contributed by atoms with Gasteiger partial charge in [-0.05, 0) is 61.2 Å². The number of rotatable bonds is 5. The highest BCUT2D eigenvalue weighted by Crippen LogP contribution is 2.35. The third-order valence-electron chi connectivity index (χ3n) is 6.21. The molecular formula is C29H30N4O4S. The van der Waals surface area contributed by atoms with Gasteiger partial charge in [0.1, 0.15) is 5.75 Å². The van der Waals surface area contributed by atoms with Crippen molar-refractivity contribution in [2.24, 2.45) is 5.92 Å². The van der Waals surface area contributed by atoms with E-state index in [-0.39, 0.29) is 22.6 Å². The fourth-order valence-electron chi connectivity index (χ4n) is 3.94. The minimum atomic E-state index is -4.09. The zero-order valence-electron chi connectivity index (χ0n) is 21.8. The van der Waals surface area contributed by atoms with E-state index < -0.39 is 15.9 Å². The van der Waals surface area contributed by atoms with E-state index in [4.69, 9.17) is 4.74 Å². The maximum atomic E-state index is 13.4. The second kappa shape index (κ2) is 11.0. The van der Waals surface area contributed by atoms with E-state index in [9.17, 15) is 13.2 Å². The average Bonchev–Trinajstić information content (AvgIpc) is 2.88. The molecule has 8 nitrogen and oxygen atoms in total. The summed E-state index contributed by atoms with van der Waals surface area (Å²) in [5, 5.41) is 2.74. The van der Waals surface area contributed by atoms with Gasteiger partial charge in [0.05, 0.1) is 10.6 Å². The Morgan fingerprint density at radius 2 is 1.89 bits per heavy atom. The summed E-state index contributed by atoms with van der Waals surface area (Å²) in [6, 6.07) is 12.7. The maximum Gasteiger partial charge on any atom is 0.264 e. The summed E-state index contributed by atoms with van der Waals surface area (Å²) in [5.41, 5.74) is 3.80. The van der Waals surface area contributed by atoms with Crippen LogP contribution in [0.25, 0.3) is 5.57 Å². The number of hydrogen-bond donors (Lipinski definition) is 2. The highest BCUT2D eigenvalue weighted by Gasteiger charge is 2.24. The van der Waals surface area contributed by atoms with Crippen molar-refractivity contribution >= 4 is 33.1 Å². The Balaban J connectivity index is 2.03. The van der Waals surface area contributed by atoms with Gasteiger partial charge in [0, 0.05) is 16.8 Å². The average molecular weight is 531 g/mol. The molecule has 2 heterocycles. The molecule has 2 N–H and O–H groups in total. The number of allylic oxidation sites excluding steroid dienone is 5. The van der Waals surface area contributed by atoms with Gasteiger partial charge in [0.15, 0.2) is 0 Å². The number of fused-ring (bicyclic) bond motifs is 6. The fourth-order valence-corrected chi connectivity index (χ4v) is 4.93. The molecule has 9 heteroatoms. The SMILES string of the molecule is C=C/C=C\C(=C(/C)C(C)C)c1nc2nc(c1CC)Oc1cccc(c1)C(=O)Nc1cccc(c1)S(=O)(=O)N2. The zero-order valence-corrected chi connectivity index (χ0v) is 22.6. The van der Waals surface area contributed by atoms with Gasteiger partial charge in [-0.1, -0.05) is 63.3 Å². The van der Waals surface area contributed by atoms with Crippen LogP contribution in [-0.4, -0.2) is 24.3 Å². The largest absolute Gasteiger partial charge is 0.439 e. The predicted molar refractivity (Wildman–Crippen MR) is 150 cm³/mol. The second-order valence-electron chi connectivity index (χ2n) is 9.10. The van der Waals surface area contributed by atoms with Crippen molar-refractivity contribution in [3.63, 3.8) is 0 Å². The number of carbonyl (C=O) groups excluding carboxylic acids is 1. The van der Waals surface area contributed by atoms with Crippen LogP contribution in [0.2, 0.25) is 0 Å². The van der Waals surface area contributed by atoms with Crippen molar-refractivity contribution in [3.8, 4) is 11.6 Å². The van der Waals surface area contributed by atoms with E-state index in [1.165, 1.54) is 12.1 Å². The first-order valence-electron chi connectivity index (χ1n) is 12.3. The zero-order chi connectivity index (χ0) is 27.4. The Morgan fingerprint density at radius 3 is 2.61 bits per heavy atom. The molecule has 0 atom stereocenters. The van der Waals surface area contributed by atoms with Gasteiger partial charge in [-0.25, -0.2) is 18.1 Å². The smallest absolute Gasteiger partial charge is 0.264 e. The third-order valence-corrected chi connectivity index (χ3v) is 7.53. The van der Waals surface area contributed by atoms with Crippen molar-refractivity contribution in [2.45, 2.75) is 39.0 Å². The Hall–Kier alpha value is -4.24. The van der Waals surface area contributed by atoms with Gasteiger partial charge in [0.2, 0.25) is 11.8 Å². The van der Waals surface area contributed by atoms with Crippen molar-refractivity contribution in [3.05, 3.63) is 95.7 Å². The highest BCUT2D eigenvalue weighted by atomic mass is 32.2. The Morgan fingerprint density at radius 1 is 1.13 bits per heavy atom. The van der Waals surface area contributed by atoms with E-state index in [0.717, 1.165) is 11.1 Å². The molecule has 0 spiro atoms. The van der Waals surface area contributed by atoms with Gasteiger partial charge < -0.3 is 10.1 Å². The highest BCUT2D eigenvalue weighted by molar-refractivity contribution is 7.92. The Kier molecular flexibility index (Phi) is 7.78. The number of hydrogen-bond acceptors (Lipinski definition) is 6.